The van der Waals surface area contributed by atoms with E-state index in [9.17, 15) is 15.3 Å². The lowest BCUT2D eigenvalue weighted by Gasteiger charge is -2.43. The van der Waals surface area contributed by atoms with Crippen LogP contribution in [-0.2, 0) is 0 Å². The van der Waals surface area contributed by atoms with Crippen molar-refractivity contribution in [1.82, 2.24) is 14.0 Å². The first-order valence-electron chi connectivity index (χ1n) is 10.7. The summed E-state index contributed by atoms with van der Waals surface area (Å²) in [5, 5.41) is 30.8. The van der Waals surface area contributed by atoms with Gasteiger partial charge in [0, 0.05) is 7.05 Å². The standard InChI is InChI=1S/C24H31N4O6P/c1-26(2)35(27(3)4,25-34-23-17-11-8-14-20(23)31)28(5)24(32-21-15-9-6-12-18(21)29)33-22-16-10-7-13-19(22)30/h6-17,24,29-31H,1-5H3. The second-order valence-electron chi connectivity index (χ2n) is 7.92. The first-order chi connectivity index (χ1) is 16.7. The van der Waals surface area contributed by atoms with Crippen LogP contribution in [0.15, 0.2) is 77.7 Å². The maximum absolute atomic E-state index is 10.3. The lowest BCUT2D eigenvalue weighted by atomic mass is 10.3. The van der Waals surface area contributed by atoms with Crippen molar-refractivity contribution < 1.29 is 29.6 Å². The van der Waals surface area contributed by atoms with Gasteiger partial charge in [-0.2, -0.15) is 4.67 Å². The Morgan fingerprint density at radius 2 is 1.00 bits per heavy atom. The highest BCUT2D eigenvalue weighted by Gasteiger charge is 2.40. The molecule has 11 heteroatoms. The number of phenols is 3. The van der Waals surface area contributed by atoms with E-state index in [1.54, 1.807) is 66.3 Å². The number of ether oxygens (including phenoxy) is 2. The molecule has 0 spiro atoms. The molecule has 0 amide bonds. The Morgan fingerprint density at radius 3 is 1.37 bits per heavy atom. The minimum absolute atomic E-state index is 0.0537. The van der Waals surface area contributed by atoms with E-state index in [-0.39, 0.29) is 34.5 Å². The summed E-state index contributed by atoms with van der Waals surface area (Å²) < 4.78 is 17.6. The van der Waals surface area contributed by atoms with Crippen LogP contribution >= 0.6 is 7.51 Å². The molecular formula is C24H31N4O6P. The first-order valence-corrected chi connectivity index (χ1v) is 12.3. The van der Waals surface area contributed by atoms with Crippen molar-refractivity contribution in [2.24, 2.45) is 4.91 Å². The van der Waals surface area contributed by atoms with E-state index >= 15 is 0 Å². The van der Waals surface area contributed by atoms with Gasteiger partial charge < -0.3 is 29.6 Å². The number of hydrogen-bond donors (Lipinski definition) is 3. The molecule has 0 heterocycles. The fraction of sp³-hybridized carbons (Fsp3) is 0.250. The van der Waals surface area contributed by atoms with Crippen LogP contribution in [0.1, 0.15) is 0 Å². The molecule has 0 saturated carbocycles. The molecule has 0 bridgehead atoms. The van der Waals surface area contributed by atoms with Crippen LogP contribution in [0.3, 0.4) is 0 Å². The molecule has 0 atom stereocenters. The third-order valence-corrected chi connectivity index (χ3v) is 8.58. The smallest absolute Gasteiger partial charge is 0.311 e. The summed E-state index contributed by atoms with van der Waals surface area (Å²) in [5.41, 5.74) is 0. The molecule has 0 aliphatic heterocycles. The van der Waals surface area contributed by atoms with Crippen LogP contribution in [0.25, 0.3) is 0 Å². The van der Waals surface area contributed by atoms with Crippen LogP contribution in [0, 0.1) is 0 Å². The molecule has 3 N–H and O–H groups in total. The Morgan fingerprint density at radius 1 is 0.629 bits per heavy atom. The van der Waals surface area contributed by atoms with Gasteiger partial charge >= 0.3 is 6.41 Å². The molecule has 3 aromatic rings. The van der Waals surface area contributed by atoms with Gasteiger partial charge in [-0.15, -0.1) is 0 Å². The molecule has 0 radical (unpaired) electrons. The van der Waals surface area contributed by atoms with Gasteiger partial charge in [0.2, 0.25) is 7.51 Å². The Balaban J connectivity index is 2.09. The molecule has 188 valence electrons. The Hall–Kier alpha value is -3.43. The second kappa shape index (κ2) is 11.3. The fourth-order valence-electron chi connectivity index (χ4n) is 3.39. The maximum Gasteiger partial charge on any atom is 0.311 e. The summed E-state index contributed by atoms with van der Waals surface area (Å²) in [4.78, 5) is 10.3. The van der Waals surface area contributed by atoms with E-state index in [1.165, 1.54) is 18.2 Å². The van der Waals surface area contributed by atoms with Crippen molar-refractivity contribution in [3.05, 3.63) is 72.8 Å². The lowest BCUT2D eigenvalue weighted by molar-refractivity contribution is -0.0725. The quantitative estimate of drug-likeness (QED) is 0.209. The Bertz CT molecular complexity index is 1130. The van der Waals surface area contributed by atoms with Crippen molar-refractivity contribution in [1.29, 1.82) is 0 Å². The number of rotatable bonds is 10. The van der Waals surface area contributed by atoms with Gasteiger partial charge in [-0.3, -0.25) is 0 Å². The van der Waals surface area contributed by atoms with E-state index in [2.05, 4.69) is 4.91 Å². The number of para-hydroxylation sites is 6. The average molecular weight is 503 g/mol. The topological polar surface area (TPSA) is 110 Å². The normalized spacial score (nSPS) is 11.8. The van der Waals surface area contributed by atoms with Crippen LogP contribution in [0.5, 0.6) is 34.5 Å². The number of benzene rings is 3. The molecule has 0 aliphatic carbocycles. The number of hydrogen-bond acceptors (Lipinski definition) is 7. The van der Waals surface area contributed by atoms with Crippen molar-refractivity contribution in [3.8, 4) is 34.5 Å². The van der Waals surface area contributed by atoms with Gasteiger partial charge in [-0.25, -0.2) is 9.34 Å². The molecular weight excluding hydrogens is 471 g/mol. The summed E-state index contributed by atoms with van der Waals surface area (Å²) in [6.07, 6.45) is -1.16. The van der Waals surface area contributed by atoms with E-state index in [0.29, 0.717) is 0 Å². The molecule has 10 nitrogen and oxygen atoms in total. The highest BCUT2D eigenvalue weighted by atomic mass is 31.2. The van der Waals surface area contributed by atoms with E-state index in [4.69, 9.17) is 14.3 Å². The summed E-state index contributed by atoms with van der Waals surface area (Å²) in [7, 11) is 6.16. The number of aromatic hydroxyl groups is 3. The first kappa shape index (κ1) is 26.2. The van der Waals surface area contributed by atoms with Crippen LogP contribution in [-0.4, -0.2) is 71.0 Å². The molecule has 3 rings (SSSR count). The molecule has 0 saturated heterocycles. The van der Waals surface area contributed by atoms with Gasteiger partial charge in [0.1, 0.15) is 0 Å². The molecule has 35 heavy (non-hydrogen) atoms. The zero-order valence-corrected chi connectivity index (χ0v) is 21.2. The minimum Gasteiger partial charge on any atom is -0.504 e. The highest BCUT2D eigenvalue weighted by Crippen LogP contribution is 2.57. The monoisotopic (exact) mass is 502 g/mol. The van der Waals surface area contributed by atoms with Crippen molar-refractivity contribution >= 4 is 7.51 Å². The van der Waals surface area contributed by atoms with E-state index in [1.807, 2.05) is 37.5 Å². The summed E-state index contributed by atoms with van der Waals surface area (Å²) >= 11 is 0. The SMILES string of the molecule is CN(C)P(=NOc1ccccc1O)(N(C)C)N(C)C(Oc1ccccc1O)Oc1ccccc1O. The summed E-state index contributed by atoms with van der Waals surface area (Å²) in [6, 6.07) is 19.5. The second-order valence-corrected chi connectivity index (χ2v) is 11.4. The van der Waals surface area contributed by atoms with Gasteiger partial charge in [0.15, 0.2) is 34.5 Å². The Labute approximate surface area is 205 Å². The van der Waals surface area contributed by atoms with Gasteiger partial charge in [0.05, 0.1) is 0 Å². The van der Waals surface area contributed by atoms with Gasteiger partial charge in [-0.05, 0) is 64.6 Å². The maximum atomic E-state index is 10.3. The lowest BCUT2D eigenvalue weighted by Crippen LogP contribution is -2.45. The predicted molar refractivity (Wildman–Crippen MR) is 134 cm³/mol. The molecule has 0 fully saturated rings. The van der Waals surface area contributed by atoms with Crippen LogP contribution < -0.4 is 14.3 Å². The molecule has 0 aliphatic rings. The fourth-order valence-corrected chi connectivity index (χ4v) is 6.19. The predicted octanol–water partition coefficient (Wildman–Crippen LogP) is 4.54. The Kier molecular flexibility index (Phi) is 8.48. The third-order valence-electron chi connectivity index (χ3n) is 5.10. The number of phenolic OH excluding ortho intramolecular Hbond substituents is 3. The zero-order chi connectivity index (χ0) is 25.6. The number of nitrogens with zero attached hydrogens (tertiary/aromatic N) is 4. The molecule has 3 aromatic carbocycles. The van der Waals surface area contributed by atoms with Crippen LogP contribution in [0.2, 0.25) is 0 Å². The zero-order valence-electron chi connectivity index (χ0n) is 20.3. The minimum atomic E-state index is -2.90. The highest BCUT2D eigenvalue weighted by molar-refractivity contribution is 7.58. The summed E-state index contributed by atoms with van der Waals surface area (Å²) in [5.74, 6) is 0.338. The summed E-state index contributed by atoms with van der Waals surface area (Å²) in [6.45, 7) is 0. The molecule has 0 aromatic heterocycles. The largest absolute Gasteiger partial charge is 0.504 e. The van der Waals surface area contributed by atoms with Crippen molar-refractivity contribution in [2.75, 3.05) is 35.2 Å². The van der Waals surface area contributed by atoms with Crippen molar-refractivity contribution in [2.45, 2.75) is 6.41 Å². The van der Waals surface area contributed by atoms with Gasteiger partial charge in [-0.1, -0.05) is 41.3 Å². The van der Waals surface area contributed by atoms with Gasteiger partial charge in [0.25, 0.3) is 0 Å². The van der Waals surface area contributed by atoms with Crippen molar-refractivity contribution in [3.63, 3.8) is 0 Å². The third kappa shape index (κ3) is 5.80. The van der Waals surface area contributed by atoms with Crippen LogP contribution in [0.4, 0.5) is 0 Å². The average Bonchev–Trinajstić information content (AvgIpc) is 2.82. The molecule has 0 unspecified atom stereocenters. The van der Waals surface area contributed by atoms with E-state index in [0.717, 1.165) is 0 Å². The van der Waals surface area contributed by atoms with E-state index < -0.39 is 13.9 Å².